The number of carbonyl (C=O) groups is 1. The molecule has 0 radical (unpaired) electrons. The van der Waals surface area contributed by atoms with Crippen molar-refractivity contribution in [1.82, 2.24) is 0 Å². The Morgan fingerprint density at radius 3 is 2.33 bits per heavy atom. The molecular formula is C36H62O10. The van der Waals surface area contributed by atoms with Gasteiger partial charge in [0.15, 0.2) is 11.6 Å². The molecule has 5 aliphatic heterocycles. The van der Waals surface area contributed by atoms with Gasteiger partial charge in [-0.3, -0.25) is 4.79 Å². The third-order valence-corrected chi connectivity index (χ3v) is 13.0. The lowest BCUT2D eigenvalue weighted by atomic mass is 9.78. The third-order valence-electron chi connectivity index (χ3n) is 13.0. The second-order valence-electron chi connectivity index (χ2n) is 16.3. The molecular weight excluding hydrogens is 592 g/mol. The van der Waals surface area contributed by atoms with Gasteiger partial charge in [-0.25, -0.2) is 0 Å². The summed E-state index contributed by atoms with van der Waals surface area (Å²) in [5.74, 6) is -3.64. The zero-order valence-electron chi connectivity index (χ0n) is 29.9. The molecule has 46 heavy (non-hydrogen) atoms. The fourth-order valence-corrected chi connectivity index (χ4v) is 9.79. The number of aliphatic hydroxyl groups is 2. The Labute approximate surface area is 276 Å². The van der Waals surface area contributed by atoms with Crippen molar-refractivity contribution >= 4 is 5.97 Å². The van der Waals surface area contributed by atoms with Crippen LogP contribution in [0.4, 0.5) is 0 Å². The van der Waals surface area contributed by atoms with E-state index in [1.54, 1.807) is 13.8 Å². The van der Waals surface area contributed by atoms with Crippen molar-refractivity contribution in [3.8, 4) is 0 Å². The summed E-state index contributed by atoms with van der Waals surface area (Å²) >= 11 is 0. The van der Waals surface area contributed by atoms with Crippen LogP contribution < -0.4 is 0 Å². The zero-order valence-corrected chi connectivity index (χ0v) is 29.9. The van der Waals surface area contributed by atoms with Crippen LogP contribution in [0.15, 0.2) is 0 Å². The van der Waals surface area contributed by atoms with Crippen molar-refractivity contribution in [2.45, 2.75) is 179 Å². The topological polar surface area (TPSA) is 133 Å². The Morgan fingerprint density at radius 1 is 1.00 bits per heavy atom. The van der Waals surface area contributed by atoms with E-state index in [9.17, 15) is 20.1 Å². The maximum Gasteiger partial charge on any atom is 0.308 e. The molecule has 3 N–H and O–H groups in total. The number of rotatable bonds is 9. The molecule has 0 aromatic rings. The van der Waals surface area contributed by atoms with Crippen LogP contribution >= 0.6 is 0 Å². The maximum absolute atomic E-state index is 11.8. The van der Waals surface area contributed by atoms with Gasteiger partial charge in [0, 0.05) is 37.7 Å². The van der Waals surface area contributed by atoms with Crippen LogP contribution in [0.2, 0.25) is 0 Å². The first-order valence-corrected chi connectivity index (χ1v) is 18.0. The molecule has 5 fully saturated rings. The Balaban J connectivity index is 1.29. The molecule has 0 bridgehead atoms. The van der Waals surface area contributed by atoms with Crippen LogP contribution in [0.25, 0.3) is 0 Å². The highest BCUT2D eigenvalue weighted by atomic mass is 16.7. The predicted octanol–water partition coefficient (Wildman–Crippen LogP) is 5.30. The highest BCUT2D eigenvalue weighted by molar-refractivity contribution is 5.70. The molecule has 10 nitrogen and oxygen atoms in total. The molecule has 5 saturated heterocycles. The minimum Gasteiger partial charge on any atom is -0.481 e. The molecule has 0 aromatic heterocycles. The zero-order chi connectivity index (χ0) is 34.0. The molecule has 0 unspecified atom stereocenters. The summed E-state index contributed by atoms with van der Waals surface area (Å²) in [6, 6.07) is 0. The van der Waals surface area contributed by atoms with Gasteiger partial charge in [0.2, 0.25) is 0 Å². The first-order chi connectivity index (χ1) is 21.4. The molecule has 266 valence electrons. The largest absolute Gasteiger partial charge is 0.481 e. The Bertz CT molecular complexity index is 1090. The summed E-state index contributed by atoms with van der Waals surface area (Å²) in [5, 5.41) is 31.9. The number of aliphatic hydroxyl groups excluding tert-OH is 1. The van der Waals surface area contributed by atoms with E-state index in [2.05, 4.69) is 27.7 Å². The fourth-order valence-electron chi connectivity index (χ4n) is 9.79. The van der Waals surface area contributed by atoms with Crippen molar-refractivity contribution in [2.24, 2.45) is 35.5 Å². The summed E-state index contributed by atoms with van der Waals surface area (Å²) in [6.07, 6.45) is 3.80. The second kappa shape index (κ2) is 13.1. The molecule has 5 heterocycles. The van der Waals surface area contributed by atoms with Crippen LogP contribution in [-0.2, 0) is 33.2 Å². The minimum absolute atomic E-state index is 0.0652. The van der Waals surface area contributed by atoms with Crippen LogP contribution in [0.3, 0.4) is 0 Å². The van der Waals surface area contributed by atoms with Crippen molar-refractivity contribution in [2.75, 3.05) is 7.11 Å². The number of ether oxygens (including phenoxy) is 6. The van der Waals surface area contributed by atoms with E-state index in [4.69, 9.17) is 28.4 Å². The lowest BCUT2D eigenvalue weighted by Crippen LogP contribution is -2.57. The van der Waals surface area contributed by atoms with Crippen molar-refractivity contribution < 1.29 is 48.5 Å². The fraction of sp³-hybridized carbons (Fsp3) is 0.972. The van der Waals surface area contributed by atoms with Crippen molar-refractivity contribution in [3.05, 3.63) is 0 Å². The number of methoxy groups -OCH3 is 1. The molecule has 5 aliphatic rings. The van der Waals surface area contributed by atoms with Gasteiger partial charge in [0.1, 0.15) is 0 Å². The summed E-state index contributed by atoms with van der Waals surface area (Å²) in [4.78, 5) is 11.8. The summed E-state index contributed by atoms with van der Waals surface area (Å²) in [5.41, 5.74) is -1.07. The first kappa shape index (κ1) is 36.4. The van der Waals surface area contributed by atoms with E-state index in [1.807, 2.05) is 20.8 Å². The summed E-state index contributed by atoms with van der Waals surface area (Å²) < 4.78 is 39.6. The standard InChI is InChI=1S/C36H62O10/c1-11-35(31-20(3)17-26(42-31)28-19(2)16-21(4)34(9,40)44-28)13-12-27(43-35)33(8)14-15-36(46-33)18-25(37)22(5)30(45-36)23(6)29(41-10)24(7)32(38)39/h19-31,37,40H,11-18H2,1-10H3,(H,38,39)/t19-,20-,21+,22+,23+,24-,25-,26+,27+,28-,29+,30-,31+,33-,34-,35-,36+/m0/s1. The lowest BCUT2D eigenvalue weighted by Gasteiger charge is -2.49. The molecule has 0 aromatic carbocycles. The monoisotopic (exact) mass is 654 g/mol. The van der Waals surface area contributed by atoms with Crippen LogP contribution in [-0.4, -0.2) is 93.9 Å². The van der Waals surface area contributed by atoms with Gasteiger partial charge >= 0.3 is 5.97 Å². The first-order valence-electron chi connectivity index (χ1n) is 18.0. The van der Waals surface area contributed by atoms with E-state index in [-0.39, 0.29) is 54.0 Å². The van der Waals surface area contributed by atoms with Crippen LogP contribution in [0, 0.1) is 35.5 Å². The number of carboxylic acid groups (broad SMARTS) is 1. The van der Waals surface area contributed by atoms with E-state index < -0.39 is 53.0 Å². The predicted molar refractivity (Wildman–Crippen MR) is 171 cm³/mol. The van der Waals surface area contributed by atoms with Crippen LogP contribution in [0.1, 0.15) is 114 Å². The van der Waals surface area contributed by atoms with E-state index >= 15 is 0 Å². The van der Waals surface area contributed by atoms with Gasteiger partial charge in [-0.05, 0) is 71.1 Å². The Hall–Kier alpha value is -0.850. The van der Waals surface area contributed by atoms with Crippen LogP contribution in [0.5, 0.6) is 0 Å². The van der Waals surface area contributed by atoms with Gasteiger partial charge in [0.25, 0.3) is 0 Å². The number of hydrogen-bond donors (Lipinski definition) is 3. The van der Waals surface area contributed by atoms with Gasteiger partial charge < -0.3 is 43.7 Å². The lowest BCUT2D eigenvalue weighted by molar-refractivity contribution is -0.335. The number of hydrogen-bond acceptors (Lipinski definition) is 9. The molecule has 0 amide bonds. The highest BCUT2D eigenvalue weighted by Crippen LogP contribution is 2.55. The van der Waals surface area contributed by atoms with Crippen molar-refractivity contribution in [3.63, 3.8) is 0 Å². The van der Waals surface area contributed by atoms with E-state index in [1.165, 1.54) is 7.11 Å². The van der Waals surface area contributed by atoms with Gasteiger partial charge in [-0.15, -0.1) is 0 Å². The Kier molecular flexibility index (Phi) is 10.4. The smallest absolute Gasteiger partial charge is 0.308 e. The van der Waals surface area contributed by atoms with Gasteiger partial charge in [-0.1, -0.05) is 41.5 Å². The molecule has 0 saturated carbocycles. The third kappa shape index (κ3) is 6.43. The van der Waals surface area contributed by atoms with Gasteiger partial charge in [0.05, 0.1) is 59.8 Å². The second-order valence-corrected chi connectivity index (χ2v) is 16.3. The van der Waals surface area contributed by atoms with E-state index in [0.717, 1.165) is 38.5 Å². The maximum atomic E-state index is 11.8. The molecule has 1 spiro atoms. The summed E-state index contributed by atoms with van der Waals surface area (Å²) in [7, 11) is 1.53. The summed E-state index contributed by atoms with van der Waals surface area (Å²) in [6.45, 7) is 18.1. The number of aliphatic carboxylic acids is 1. The number of carboxylic acids is 1. The van der Waals surface area contributed by atoms with Crippen molar-refractivity contribution in [1.29, 1.82) is 0 Å². The normalized spacial score (nSPS) is 51.7. The Morgan fingerprint density at radius 2 is 1.70 bits per heavy atom. The quantitative estimate of drug-likeness (QED) is 0.301. The van der Waals surface area contributed by atoms with Gasteiger partial charge in [-0.2, -0.15) is 0 Å². The molecule has 5 rings (SSSR count). The molecule has 17 atom stereocenters. The van der Waals surface area contributed by atoms with E-state index in [0.29, 0.717) is 12.8 Å². The molecule has 10 heteroatoms. The SMILES string of the molecule is CC[C@@]1([C@@H]2O[C@@H]([C@H]3O[C@](C)(O)[C@H](C)C[C@@H]3C)C[C@@H]2C)CC[C@H]([C@]2(C)CC[C@]3(C[C@H](O)[C@@H](C)[C@@H]([C@H](C)[C@@H](OC)[C@H](C)C(=O)O)O3)O2)O1. The minimum atomic E-state index is -1.16. The molecule has 0 aliphatic carbocycles. The average Bonchev–Trinajstić information content (AvgIpc) is 3.69. The highest BCUT2D eigenvalue weighted by Gasteiger charge is 2.62. The average molecular weight is 655 g/mol.